The highest BCUT2D eigenvalue weighted by atomic mass is 127. The van der Waals surface area contributed by atoms with E-state index < -0.39 is 0 Å². The normalized spacial score (nSPS) is 10.6. The molecule has 4 aromatic rings. The third-order valence-electron chi connectivity index (χ3n) is 3.89. The molecule has 5 nitrogen and oxygen atoms in total. The maximum Gasteiger partial charge on any atom is 0.320 e. The first-order chi connectivity index (χ1) is 13.3. The molecule has 0 atom stereocenters. The average molecular weight is 469 g/mol. The Labute approximate surface area is 170 Å². The zero-order valence-electron chi connectivity index (χ0n) is 14.3. The number of hydrogen-bond donors (Lipinski definition) is 1. The fourth-order valence-electron chi connectivity index (χ4n) is 2.54. The van der Waals surface area contributed by atoms with Crippen LogP contribution in [0.3, 0.4) is 0 Å². The van der Waals surface area contributed by atoms with Crippen molar-refractivity contribution in [3.8, 4) is 16.9 Å². The van der Waals surface area contributed by atoms with Gasteiger partial charge in [-0.15, -0.1) is 5.10 Å². The van der Waals surface area contributed by atoms with Gasteiger partial charge in [0.25, 0.3) is 5.89 Å². The highest BCUT2D eigenvalue weighted by Gasteiger charge is 2.07. The molecule has 0 unspecified atom stereocenters. The van der Waals surface area contributed by atoms with Crippen molar-refractivity contribution in [1.29, 1.82) is 0 Å². The van der Waals surface area contributed by atoms with Crippen LogP contribution in [0.25, 0.3) is 11.1 Å². The highest BCUT2D eigenvalue weighted by molar-refractivity contribution is 14.1. The average Bonchev–Trinajstić information content (AvgIpc) is 3.17. The van der Waals surface area contributed by atoms with E-state index in [1.54, 1.807) is 0 Å². The van der Waals surface area contributed by atoms with Crippen molar-refractivity contribution in [3.05, 3.63) is 88.3 Å². The maximum absolute atomic E-state index is 5.74. The minimum Gasteiger partial charge on any atom is -0.484 e. The summed E-state index contributed by atoms with van der Waals surface area (Å²) < 4.78 is 12.5. The molecule has 0 saturated heterocycles. The largest absolute Gasteiger partial charge is 0.484 e. The molecule has 0 amide bonds. The van der Waals surface area contributed by atoms with Gasteiger partial charge in [-0.25, -0.2) is 0 Å². The zero-order chi connectivity index (χ0) is 18.5. The van der Waals surface area contributed by atoms with Crippen molar-refractivity contribution < 1.29 is 9.15 Å². The molecule has 4 rings (SSSR count). The van der Waals surface area contributed by atoms with Crippen LogP contribution in [0.15, 0.2) is 83.3 Å². The zero-order valence-corrected chi connectivity index (χ0v) is 16.5. The first kappa shape index (κ1) is 17.5. The minimum atomic E-state index is 0.214. The SMILES string of the molecule is Ic1ccc(Nc2nnc(COc3ccc(-c4ccccc4)cc3)o2)cc1. The van der Waals surface area contributed by atoms with Gasteiger partial charge in [0, 0.05) is 9.26 Å². The molecule has 0 aliphatic heterocycles. The molecule has 0 fully saturated rings. The number of halogens is 1. The molecular formula is C21H16IN3O2. The first-order valence-corrected chi connectivity index (χ1v) is 9.47. The summed E-state index contributed by atoms with van der Waals surface area (Å²) >= 11 is 2.26. The van der Waals surface area contributed by atoms with Gasteiger partial charge in [0.1, 0.15) is 5.75 Å². The molecular weight excluding hydrogens is 453 g/mol. The van der Waals surface area contributed by atoms with Gasteiger partial charge in [0.05, 0.1) is 0 Å². The lowest BCUT2D eigenvalue weighted by molar-refractivity contribution is 0.265. The van der Waals surface area contributed by atoms with Crippen LogP contribution in [0.2, 0.25) is 0 Å². The van der Waals surface area contributed by atoms with Gasteiger partial charge in [0.2, 0.25) is 0 Å². The second-order valence-corrected chi connectivity index (χ2v) is 7.06. The number of hydrogen-bond acceptors (Lipinski definition) is 5. The quantitative estimate of drug-likeness (QED) is 0.369. The van der Waals surface area contributed by atoms with Gasteiger partial charge in [-0.1, -0.05) is 47.6 Å². The molecule has 27 heavy (non-hydrogen) atoms. The summed E-state index contributed by atoms with van der Waals surface area (Å²) in [6, 6.07) is 26.4. The van der Waals surface area contributed by atoms with E-state index >= 15 is 0 Å². The minimum absolute atomic E-state index is 0.214. The van der Waals surface area contributed by atoms with Crippen molar-refractivity contribution in [3.63, 3.8) is 0 Å². The number of nitrogens with zero attached hydrogens (tertiary/aromatic N) is 2. The van der Waals surface area contributed by atoms with E-state index in [0.29, 0.717) is 11.9 Å². The number of rotatable bonds is 6. The van der Waals surface area contributed by atoms with E-state index in [1.165, 1.54) is 5.56 Å². The van der Waals surface area contributed by atoms with E-state index in [-0.39, 0.29) is 6.61 Å². The predicted molar refractivity (Wildman–Crippen MR) is 113 cm³/mol. The van der Waals surface area contributed by atoms with Crippen LogP contribution in [0, 0.1) is 3.57 Å². The van der Waals surface area contributed by atoms with Crippen molar-refractivity contribution in [2.75, 3.05) is 5.32 Å². The van der Waals surface area contributed by atoms with Crippen LogP contribution in [0.1, 0.15) is 5.89 Å². The van der Waals surface area contributed by atoms with Crippen molar-refractivity contribution >= 4 is 34.3 Å². The van der Waals surface area contributed by atoms with Gasteiger partial charge < -0.3 is 14.5 Å². The summed E-state index contributed by atoms with van der Waals surface area (Å²) in [5, 5.41) is 11.1. The van der Waals surface area contributed by atoms with Crippen molar-refractivity contribution in [2.24, 2.45) is 0 Å². The Bertz CT molecular complexity index is 1000. The summed E-state index contributed by atoms with van der Waals surface area (Å²) in [6.45, 7) is 0.214. The topological polar surface area (TPSA) is 60.2 Å². The Kier molecular flexibility index (Phi) is 5.34. The summed E-state index contributed by atoms with van der Waals surface area (Å²) in [7, 11) is 0. The number of anilines is 2. The Balaban J connectivity index is 1.35. The lowest BCUT2D eigenvalue weighted by Crippen LogP contribution is -1.95. The summed E-state index contributed by atoms with van der Waals surface area (Å²) in [5.41, 5.74) is 3.21. The van der Waals surface area contributed by atoms with E-state index in [4.69, 9.17) is 9.15 Å². The van der Waals surface area contributed by atoms with Crippen LogP contribution in [0.5, 0.6) is 5.75 Å². The molecule has 0 aliphatic rings. The highest BCUT2D eigenvalue weighted by Crippen LogP contribution is 2.23. The monoisotopic (exact) mass is 469 g/mol. The second kappa shape index (κ2) is 8.22. The van der Waals surface area contributed by atoms with Gasteiger partial charge in [-0.3, -0.25) is 0 Å². The molecule has 1 N–H and O–H groups in total. The molecule has 1 heterocycles. The fraction of sp³-hybridized carbons (Fsp3) is 0.0476. The maximum atomic E-state index is 5.74. The molecule has 0 aliphatic carbocycles. The molecule has 134 valence electrons. The number of ether oxygens (including phenoxy) is 1. The summed E-state index contributed by atoms with van der Waals surface area (Å²) in [4.78, 5) is 0. The molecule has 0 spiro atoms. The van der Waals surface area contributed by atoms with E-state index in [1.807, 2.05) is 66.7 Å². The van der Waals surface area contributed by atoms with Gasteiger partial charge in [0.15, 0.2) is 6.61 Å². The van der Waals surface area contributed by atoms with E-state index in [0.717, 1.165) is 20.6 Å². The second-order valence-electron chi connectivity index (χ2n) is 5.81. The van der Waals surface area contributed by atoms with Crippen LogP contribution < -0.4 is 10.1 Å². The van der Waals surface area contributed by atoms with Gasteiger partial charge >= 0.3 is 6.01 Å². The van der Waals surface area contributed by atoms with Crippen LogP contribution in [0.4, 0.5) is 11.7 Å². The molecule has 1 aromatic heterocycles. The van der Waals surface area contributed by atoms with E-state index in [2.05, 4.69) is 50.2 Å². The molecule has 0 saturated carbocycles. The third kappa shape index (κ3) is 4.65. The lowest BCUT2D eigenvalue weighted by Gasteiger charge is -2.05. The van der Waals surface area contributed by atoms with Gasteiger partial charge in [-0.2, -0.15) is 0 Å². The van der Waals surface area contributed by atoms with Crippen LogP contribution in [-0.2, 0) is 6.61 Å². The molecule has 6 heteroatoms. The number of aromatic nitrogens is 2. The Morgan fingerprint density at radius 2 is 1.52 bits per heavy atom. The van der Waals surface area contributed by atoms with E-state index in [9.17, 15) is 0 Å². The number of nitrogens with one attached hydrogen (secondary N) is 1. The lowest BCUT2D eigenvalue weighted by atomic mass is 10.1. The fourth-order valence-corrected chi connectivity index (χ4v) is 2.90. The van der Waals surface area contributed by atoms with Crippen LogP contribution >= 0.6 is 22.6 Å². The molecule has 3 aromatic carbocycles. The molecule has 0 bridgehead atoms. The third-order valence-corrected chi connectivity index (χ3v) is 4.61. The number of benzene rings is 3. The van der Waals surface area contributed by atoms with Gasteiger partial charge in [-0.05, 0) is 70.1 Å². The van der Waals surface area contributed by atoms with Crippen LogP contribution in [-0.4, -0.2) is 10.2 Å². The smallest absolute Gasteiger partial charge is 0.320 e. The molecule has 0 radical (unpaired) electrons. The van der Waals surface area contributed by atoms with Crippen molar-refractivity contribution in [1.82, 2.24) is 10.2 Å². The summed E-state index contributed by atoms with van der Waals surface area (Å²) in [5.74, 6) is 1.16. The Morgan fingerprint density at radius 1 is 0.815 bits per heavy atom. The summed E-state index contributed by atoms with van der Waals surface area (Å²) in [6.07, 6.45) is 0. The Hall–Kier alpha value is -2.87. The predicted octanol–water partition coefficient (Wildman–Crippen LogP) is 5.66. The first-order valence-electron chi connectivity index (χ1n) is 8.39. The Morgan fingerprint density at radius 3 is 2.26 bits per heavy atom. The van der Waals surface area contributed by atoms with Crippen molar-refractivity contribution in [2.45, 2.75) is 6.61 Å². The standard InChI is InChI=1S/C21H16IN3O2/c22-17-8-10-18(11-9-17)23-21-25-24-20(27-21)14-26-19-12-6-16(7-13-19)15-4-2-1-3-5-15/h1-13H,14H2,(H,23,25).